The molecule has 14 heteroatoms. The highest BCUT2D eigenvalue weighted by molar-refractivity contribution is 5.99. The number of carbonyl (C=O) groups excluding carboxylic acids is 3. The number of hydrogen-bond acceptors (Lipinski definition) is 7. The van der Waals surface area contributed by atoms with Crippen LogP contribution in [0.2, 0.25) is 0 Å². The first-order chi connectivity index (χ1) is 22.6. The Morgan fingerprint density at radius 3 is 2.21 bits per heavy atom. The van der Waals surface area contributed by atoms with E-state index in [4.69, 9.17) is 9.47 Å². The molecule has 0 saturated carbocycles. The molecule has 0 aliphatic heterocycles. The highest BCUT2D eigenvalue weighted by atomic mass is 19.1. The lowest BCUT2D eigenvalue weighted by atomic mass is 10.1. The van der Waals surface area contributed by atoms with E-state index in [1.165, 1.54) is 19.1 Å². The molecule has 0 aliphatic carbocycles. The van der Waals surface area contributed by atoms with Gasteiger partial charge in [0.25, 0.3) is 11.8 Å². The summed E-state index contributed by atoms with van der Waals surface area (Å²) in [6, 6.07) is 7.41. The molecule has 1 heterocycles. The first-order valence-electron chi connectivity index (χ1n) is 14.7. The summed E-state index contributed by atoms with van der Waals surface area (Å²) < 4.78 is 54.5. The number of hydrogen-bond donors (Lipinski definition) is 3. The lowest BCUT2D eigenvalue weighted by Gasteiger charge is -2.34. The molecule has 3 N–H and O–H groups in total. The van der Waals surface area contributed by atoms with Gasteiger partial charge in [0.1, 0.15) is 35.2 Å². The van der Waals surface area contributed by atoms with Gasteiger partial charge in [0, 0.05) is 30.4 Å². The Kier molecular flexibility index (Phi) is 12.3. The summed E-state index contributed by atoms with van der Waals surface area (Å²) >= 11 is 0. The molecule has 256 valence electrons. The molecule has 2 aromatic carbocycles. The summed E-state index contributed by atoms with van der Waals surface area (Å²) in [6.07, 6.45) is 2.41. The van der Waals surface area contributed by atoms with Crippen LogP contribution in [0.3, 0.4) is 0 Å². The Hall–Kier alpha value is -5.37. The van der Waals surface area contributed by atoms with Gasteiger partial charge in [-0.15, -0.1) is 13.2 Å². The number of benzene rings is 2. The van der Waals surface area contributed by atoms with Gasteiger partial charge in [-0.25, -0.2) is 27.7 Å². The minimum Gasteiger partial charge on any atom is -0.482 e. The van der Waals surface area contributed by atoms with E-state index in [2.05, 4.69) is 23.8 Å². The van der Waals surface area contributed by atoms with E-state index in [1.807, 2.05) is 0 Å². The minimum absolute atomic E-state index is 0.276. The van der Waals surface area contributed by atoms with Crippen LogP contribution in [0.15, 0.2) is 78.8 Å². The first kappa shape index (κ1) is 37.1. The second-order valence-corrected chi connectivity index (χ2v) is 11.5. The zero-order chi connectivity index (χ0) is 35.8. The molecule has 2 atom stereocenters. The van der Waals surface area contributed by atoms with Crippen LogP contribution >= 0.6 is 0 Å². The minimum atomic E-state index is -1.28. The third-order valence-corrected chi connectivity index (χ3v) is 6.70. The summed E-state index contributed by atoms with van der Waals surface area (Å²) in [7, 11) is 0. The zero-order valence-electron chi connectivity index (χ0n) is 26.9. The highest BCUT2D eigenvalue weighted by Crippen LogP contribution is 2.22. The largest absolute Gasteiger partial charge is 0.482 e. The molecule has 0 radical (unpaired) electrons. The summed E-state index contributed by atoms with van der Waals surface area (Å²) in [5.41, 5.74) is -3.56. The van der Waals surface area contributed by atoms with Gasteiger partial charge in [-0.2, -0.15) is 0 Å². The van der Waals surface area contributed by atoms with Gasteiger partial charge in [0.2, 0.25) is 5.43 Å². The molecule has 0 bridgehead atoms. The van der Waals surface area contributed by atoms with Crippen molar-refractivity contribution in [1.82, 2.24) is 15.3 Å². The zero-order valence-corrected chi connectivity index (χ0v) is 26.9. The molecule has 3 amide bonds. The average Bonchev–Trinajstić information content (AvgIpc) is 3.02. The Bertz CT molecular complexity index is 1720. The molecule has 0 fully saturated rings. The molecular formula is C34H37F3N4O7. The van der Waals surface area contributed by atoms with E-state index in [-0.39, 0.29) is 6.61 Å². The van der Waals surface area contributed by atoms with Crippen LogP contribution in [-0.4, -0.2) is 52.0 Å². The second-order valence-electron chi connectivity index (χ2n) is 11.5. The molecule has 48 heavy (non-hydrogen) atoms. The molecular weight excluding hydrogens is 633 g/mol. The molecule has 3 aromatic rings. The number of rotatable bonds is 13. The third kappa shape index (κ3) is 9.12. The molecule has 0 spiro atoms. The van der Waals surface area contributed by atoms with Gasteiger partial charge in [-0.3, -0.25) is 14.4 Å². The monoisotopic (exact) mass is 670 g/mol. The number of aromatic nitrogens is 1. The normalized spacial score (nSPS) is 12.3. The van der Waals surface area contributed by atoms with Crippen LogP contribution in [0, 0.1) is 17.5 Å². The number of carbonyl (C=O) groups is 3. The van der Waals surface area contributed by atoms with E-state index < -0.39 is 94.2 Å². The van der Waals surface area contributed by atoms with Crippen molar-refractivity contribution in [3.8, 4) is 5.75 Å². The maximum absolute atomic E-state index is 14.3. The maximum Gasteiger partial charge on any atom is 0.430 e. The van der Waals surface area contributed by atoms with Gasteiger partial charge in [-0.05, 0) is 33.3 Å². The number of nitrogens with zero attached hydrogens (tertiary/aromatic N) is 2. The van der Waals surface area contributed by atoms with E-state index in [0.29, 0.717) is 17.7 Å². The van der Waals surface area contributed by atoms with Crippen LogP contribution in [0.5, 0.6) is 5.75 Å². The SMILES string of the molecule is C=CC(CO)NC(=O)c1c(OCc2ccccc2)c(=O)c(C(=O)NCc2c(F)cc(F)cc2F)cn1N(C(=O)OC(C)(C)C)C(C)C=C. The fourth-order valence-corrected chi connectivity index (χ4v) is 4.26. The van der Waals surface area contributed by atoms with E-state index in [9.17, 15) is 37.5 Å². The summed E-state index contributed by atoms with van der Waals surface area (Å²) in [4.78, 5) is 55.0. The summed E-state index contributed by atoms with van der Waals surface area (Å²) in [6.45, 7) is 11.9. The van der Waals surface area contributed by atoms with Crippen molar-refractivity contribution in [2.24, 2.45) is 0 Å². The van der Waals surface area contributed by atoms with Crippen molar-refractivity contribution in [3.63, 3.8) is 0 Å². The van der Waals surface area contributed by atoms with Gasteiger partial charge >= 0.3 is 6.09 Å². The predicted molar refractivity (Wildman–Crippen MR) is 172 cm³/mol. The first-order valence-corrected chi connectivity index (χ1v) is 14.7. The molecule has 2 unspecified atom stereocenters. The number of amides is 3. The molecule has 3 rings (SSSR count). The van der Waals surface area contributed by atoms with Crippen molar-refractivity contribution >= 4 is 17.9 Å². The Labute approximate surface area is 275 Å². The van der Waals surface area contributed by atoms with Gasteiger partial charge in [-0.1, -0.05) is 42.5 Å². The lowest BCUT2D eigenvalue weighted by molar-refractivity contribution is 0.0525. The topological polar surface area (TPSA) is 139 Å². The fraction of sp³-hybridized carbons (Fsp3) is 0.294. The van der Waals surface area contributed by atoms with Crippen LogP contribution < -0.4 is 25.8 Å². The fourth-order valence-electron chi connectivity index (χ4n) is 4.26. The Balaban J connectivity index is 2.31. The highest BCUT2D eigenvalue weighted by Gasteiger charge is 2.34. The quantitative estimate of drug-likeness (QED) is 0.228. The molecule has 0 saturated heterocycles. The number of aliphatic hydroxyl groups is 1. The Morgan fingerprint density at radius 2 is 1.67 bits per heavy atom. The summed E-state index contributed by atoms with van der Waals surface area (Å²) in [5.74, 6) is -6.60. The number of aliphatic hydroxyl groups excluding tert-OH is 1. The number of halogens is 3. The van der Waals surface area contributed by atoms with Gasteiger partial charge in [0.05, 0.1) is 18.7 Å². The predicted octanol–water partition coefficient (Wildman–Crippen LogP) is 4.50. The number of nitrogens with one attached hydrogen (secondary N) is 2. The molecule has 1 aromatic heterocycles. The second kappa shape index (κ2) is 16.0. The van der Waals surface area contributed by atoms with Crippen molar-refractivity contribution in [1.29, 1.82) is 0 Å². The van der Waals surface area contributed by atoms with Gasteiger partial charge in [0.15, 0.2) is 11.4 Å². The molecule has 11 nitrogen and oxygen atoms in total. The van der Waals surface area contributed by atoms with E-state index >= 15 is 0 Å². The van der Waals surface area contributed by atoms with Crippen LogP contribution in [0.4, 0.5) is 18.0 Å². The van der Waals surface area contributed by atoms with Crippen LogP contribution in [-0.2, 0) is 17.9 Å². The third-order valence-electron chi connectivity index (χ3n) is 6.70. The number of pyridine rings is 1. The summed E-state index contributed by atoms with van der Waals surface area (Å²) in [5, 5.41) is 15.3. The van der Waals surface area contributed by atoms with Crippen molar-refractivity contribution in [3.05, 3.63) is 124 Å². The molecule has 0 aliphatic rings. The Morgan fingerprint density at radius 1 is 1.04 bits per heavy atom. The van der Waals surface area contributed by atoms with E-state index in [0.717, 1.165) is 15.9 Å². The van der Waals surface area contributed by atoms with Crippen molar-refractivity contribution in [2.75, 3.05) is 11.6 Å². The van der Waals surface area contributed by atoms with Gasteiger partial charge < -0.3 is 25.2 Å². The number of ether oxygens (including phenoxy) is 2. The van der Waals surface area contributed by atoms with E-state index in [1.54, 1.807) is 51.1 Å². The average molecular weight is 671 g/mol. The smallest absolute Gasteiger partial charge is 0.430 e. The van der Waals surface area contributed by atoms with Crippen LogP contribution in [0.25, 0.3) is 0 Å². The van der Waals surface area contributed by atoms with Crippen LogP contribution in [0.1, 0.15) is 59.7 Å². The van der Waals surface area contributed by atoms with Crippen molar-refractivity contribution in [2.45, 2.75) is 58.5 Å². The lowest BCUT2D eigenvalue weighted by Crippen LogP contribution is -2.52. The standard InChI is InChI=1S/C34H37F3N4O7/c1-7-20(3)41(33(46)48-34(4,5)6)40-17-25(31(44)38-16-24-26(36)14-22(35)15-27(24)37)29(43)30(47-19-21-12-10-9-11-13-21)28(40)32(45)39-23(8-2)18-42/h7-15,17,20,23,42H,1-2,16,18-19H2,3-6H3,(H,38,44)(H,39,45). The maximum atomic E-state index is 14.3. The van der Waals surface area contributed by atoms with Crippen molar-refractivity contribution < 1.29 is 42.1 Å².